The average molecular weight is 407 g/mol. The maximum atomic E-state index is 12.4. The van der Waals surface area contributed by atoms with Gasteiger partial charge in [-0.2, -0.15) is 5.26 Å². The van der Waals surface area contributed by atoms with Crippen molar-refractivity contribution in [1.29, 1.82) is 5.26 Å². The van der Waals surface area contributed by atoms with Crippen molar-refractivity contribution in [3.8, 4) is 17.5 Å². The SMILES string of the molecule is COc1ccccc1-n1c(C)cc(/C=C(\C#N)C(=O)O[C@H](C)C(=O)NC2CC2)c1C. The molecule has 1 N–H and O–H groups in total. The molecule has 1 aromatic heterocycles. The number of carbonyl (C=O) groups excluding carboxylic acids is 2. The van der Waals surface area contributed by atoms with Crippen molar-refractivity contribution < 1.29 is 19.1 Å². The molecule has 1 amide bonds. The summed E-state index contributed by atoms with van der Waals surface area (Å²) in [6.45, 7) is 5.33. The van der Waals surface area contributed by atoms with Gasteiger partial charge in [0.2, 0.25) is 0 Å². The first-order chi connectivity index (χ1) is 14.3. The predicted octanol–water partition coefficient (Wildman–Crippen LogP) is 3.22. The van der Waals surface area contributed by atoms with Gasteiger partial charge in [0.25, 0.3) is 5.91 Å². The van der Waals surface area contributed by atoms with Crippen molar-refractivity contribution in [1.82, 2.24) is 9.88 Å². The zero-order chi connectivity index (χ0) is 21.8. The number of benzene rings is 1. The number of rotatable bonds is 7. The van der Waals surface area contributed by atoms with E-state index in [9.17, 15) is 14.9 Å². The van der Waals surface area contributed by atoms with Crippen LogP contribution >= 0.6 is 0 Å². The molecule has 0 spiro atoms. The van der Waals surface area contributed by atoms with E-state index in [-0.39, 0.29) is 17.5 Å². The Balaban J connectivity index is 1.84. The molecule has 0 unspecified atom stereocenters. The Bertz CT molecular complexity index is 1040. The Morgan fingerprint density at radius 1 is 1.30 bits per heavy atom. The fourth-order valence-corrected chi connectivity index (χ4v) is 3.24. The highest BCUT2D eigenvalue weighted by molar-refractivity contribution is 5.99. The molecule has 0 bridgehead atoms. The maximum Gasteiger partial charge on any atom is 0.349 e. The number of nitriles is 1. The summed E-state index contributed by atoms with van der Waals surface area (Å²) in [5, 5.41) is 12.3. The first-order valence-electron chi connectivity index (χ1n) is 9.81. The van der Waals surface area contributed by atoms with Gasteiger partial charge in [-0.1, -0.05) is 12.1 Å². The Hall–Kier alpha value is -3.53. The number of para-hydroxylation sites is 2. The monoisotopic (exact) mass is 407 g/mol. The number of carbonyl (C=O) groups is 2. The van der Waals surface area contributed by atoms with Gasteiger partial charge in [0.05, 0.1) is 12.8 Å². The van der Waals surface area contributed by atoms with Gasteiger partial charge in [0.15, 0.2) is 6.10 Å². The second-order valence-corrected chi connectivity index (χ2v) is 7.33. The lowest BCUT2D eigenvalue weighted by molar-refractivity contribution is -0.150. The number of methoxy groups -OCH3 is 1. The molecule has 1 saturated carbocycles. The van der Waals surface area contributed by atoms with Crippen LogP contribution in [0, 0.1) is 25.2 Å². The van der Waals surface area contributed by atoms with Crippen molar-refractivity contribution in [2.24, 2.45) is 0 Å². The highest BCUT2D eigenvalue weighted by Crippen LogP contribution is 2.29. The van der Waals surface area contributed by atoms with Crippen LogP contribution in [0.15, 0.2) is 35.9 Å². The summed E-state index contributed by atoms with van der Waals surface area (Å²) in [5.41, 5.74) is 3.17. The summed E-state index contributed by atoms with van der Waals surface area (Å²) in [6, 6.07) is 11.6. The van der Waals surface area contributed by atoms with Gasteiger partial charge in [-0.25, -0.2) is 4.79 Å². The van der Waals surface area contributed by atoms with E-state index in [1.54, 1.807) is 7.11 Å². The molecule has 1 atom stereocenters. The third-order valence-corrected chi connectivity index (χ3v) is 5.01. The summed E-state index contributed by atoms with van der Waals surface area (Å²) in [6.07, 6.45) is 2.41. The van der Waals surface area contributed by atoms with Gasteiger partial charge in [0.1, 0.15) is 17.4 Å². The van der Waals surface area contributed by atoms with Gasteiger partial charge >= 0.3 is 5.97 Å². The van der Waals surface area contributed by atoms with Crippen LogP contribution in [0.3, 0.4) is 0 Å². The van der Waals surface area contributed by atoms with Gasteiger partial charge in [-0.05, 0) is 63.5 Å². The number of aromatic nitrogens is 1. The van der Waals surface area contributed by atoms with Crippen molar-refractivity contribution in [3.63, 3.8) is 0 Å². The molecule has 7 nitrogen and oxygen atoms in total. The lowest BCUT2D eigenvalue weighted by Gasteiger charge is -2.14. The van der Waals surface area contributed by atoms with E-state index in [1.165, 1.54) is 13.0 Å². The second kappa shape index (κ2) is 8.87. The minimum absolute atomic E-state index is 0.165. The van der Waals surface area contributed by atoms with Gasteiger partial charge in [-0.3, -0.25) is 4.79 Å². The number of aryl methyl sites for hydroxylation is 1. The third kappa shape index (κ3) is 4.54. The lowest BCUT2D eigenvalue weighted by atomic mass is 10.1. The fourth-order valence-electron chi connectivity index (χ4n) is 3.24. The number of nitrogens with zero attached hydrogens (tertiary/aromatic N) is 2. The molecule has 7 heteroatoms. The molecule has 3 rings (SSSR count). The molecule has 0 radical (unpaired) electrons. The number of ether oxygens (including phenoxy) is 2. The summed E-state index contributed by atoms with van der Waals surface area (Å²) >= 11 is 0. The zero-order valence-electron chi connectivity index (χ0n) is 17.6. The van der Waals surface area contributed by atoms with Gasteiger partial charge < -0.3 is 19.4 Å². The second-order valence-electron chi connectivity index (χ2n) is 7.33. The number of hydrogen-bond acceptors (Lipinski definition) is 5. The molecule has 2 aromatic rings. The average Bonchev–Trinajstić information content (AvgIpc) is 3.50. The van der Waals surface area contributed by atoms with Crippen LogP contribution in [0.1, 0.15) is 36.7 Å². The highest BCUT2D eigenvalue weighted by Gasteiger charge is 2.28. The van der Waals surface area contributed by atoms with E-state index in [0.717, 1.165) is 29.9 Å². The molecule has 1 aromatic carbocycles. The van der Waals surface area contributed by atoms with Crippen LogP contribution in [0.25, 0.3) is 11.8 Å². The van der Waals surface area contributed by atoms with Crippen LogP contribution in [0.2, 0.25) is 0 Å². The third-order valence-electron chi connectivity index (χ3n) is 5.01. The predicted molar refractivity (Wildman–Crippen MR) is 112 cm³/mol. The van der Waals surface area contributed by atoms with Crippen molar-refractivity contribution in [3.05, 3.63) is 52.9 Å². The van der Waals surface area contributed by atoms with E-state index < -0.39 is 12.1 Å². The van der Waals surface area contributed by atoms with E-state index in [1.807, 2.05) is 54.8 Å². The Morgan fingerprint density at radius 2 is 2.00 bits per heavy atom. The van der Waals surface area contributed by atoms with E-state index in [0.29, 0.717) is 11.3 Å². The molecule has 1 aliphatic rings. The van der Waals surface area contributed by atoms with Crippen molar-refractivity contribution >= 4 is 18.0 Å². The van der Waals surface area contributed by atoms with Crippen LogP contribution < -0.4 is 10.1 Å². The van der Waals surface area contributed by atoms with Gasteiger partial charge in [0, 0.05) is 17.4 Å². The molecule has 30 heavy (non-hydrogen) atoms. The quantitative estimate of drug-likeness (QED) is 0.432. The molecule has 0 saturated heterocycles. The highest BCUT2D eigenvalue weighted by atomic mass is 16.5. The molecule has 1 heterocycles. The van der Waals surface area contributed by atoms with Crippen molar-refractivity contribution in [2.75, 3.05) is 7.11 Å². The number of amides is 1. The lowest BCUT2D eigenvalue weighted by Crippen LogP contribution is -2.37. The van der Waals surface area contributed by atoms with E-state index in [4.69, 9.17) is 9.47 Å². The minimum Gasteiger partial charge on any atom is -0.495 e. The summed E-state index contributed by atoms with van der Waals surface area (Å²) < 4.78 is 12.6. The van der Waals surface area contributed by atoms with Crippen LogP contribution in [0.5, 0.6) is 5.75 Å². The van der Waals surface area contributed by atoms with E-state index in [2.05, 4.69) is 5.32 Å². The molecule has 0 aliphatic heterocycles. The standard InChI is InChI=1S/C23H25N3O4/c1-14-11-17(15(2)26(14)20-7-5-6-8-21(20)29-4)12-18(13-24)23(28)30-16(3)22(27)25-19-9-10-19/h5-8,11-12,16,19H,9-10H2,1-4H3,(H,25,27)/b18-12+/t16-/m1/s1. The molecular weight excluding hydrogens is 382 g/mol. The Kier molecular flexibility index (Phi) is 6.26. The van der Waals surface area contributed by atoms with E-state index >= 15 is 0 Å². The fraction of sp³-hybridized carbons (Fsp3) is 0.348. The summed E-state index contributed by atoms with van der Waals surface area (Å²) in [5.74, 6) is -0.458. The summed E-state index contributed by atoms with van der Waals surface area (Å²) in [4.78, 5) is 24.5. The zero-order valence-corrected chi connectivity index (χ0v) is 17.6. The molecule has 1 fully saturated rings. The summed E-state index contributed by atoms with van der Waals surface area (Å²) in [7, 11) is 1.61. The first-order valence-corrected chi connectivity index (χ1v) is 9.81. The van der Waals surface area contributed by atoms with Crippen LogP contribution in [0.4, 0.5) is 0 Å². The van der Waals surface area contributed by atoms with Crippen LogP contribution in [-0.2, 0) is 14.3 Å². The topological polar surface area (TPSA) is 93.3 Å². The molecule has 1 aliphatic carbocycles. The Morgan fingerprint density at radius 3 is 2.63 bits per heavy atom. The largest absolute Gasteiger partial charge is 0.495 e. The van der Waals surface area contributed by atoms with Crippen molar-refractivity contribution in [2.45, 2.75) is 45.8 Å². The van der Waals surface area contributed by atoms with Gasteiger partial charge in [-0.15, -0.1) is 0 Å². The number of esters is 1. The van der Waals surface area contributed by atoms with Crippen LogP contribution in [-0.4, -0.2) is 35.7 Å². The minimum atomic E-state index is -0.962. The molecular formula is C23H25N3O4. The Labute approximate surface area is 175 Å². The normalized spacial score (nSPS) is 14.6. The smallest absolute Gasteiger partial charge is 0.349 e. The maximum absolute atomic E-state index is 12.4. The first kappa shape index (κ1) is 21.2. The number of hydrogen-bond donors (Lipinski definition) is 1. The molecule has 156 valence electrons. The number of nitrogens with one attached hydrogen (secondary N) is 1.